The number of nitrogens with zero attached hydrogens (tertiary/aromatic N) is 2. The first kappa shape index (κ1) is 50.0. The van der Waals surface area contributed by atoms with Gasteiger partial charge in [0.1, 0.15) is 0 Å². The van der Waals surface area contributed by atoms with E-state index in [1.165, 1.54) is 160 Å². The summed E-state index contributed by atoms with van der Waals surface area (Å²) in [5, 5.41) is 0. The molecule has 0 fully saturated rings. The third-order valence-corrected chi connectivity index (χ3v) is 19.8. The van der Waals surface area contributed by atoms with Crippen LogP contribution in [0, 0.1) is 13.8 Å². The standard InChI is InChI=1S/C74H79BN2/c1-44(2)48-25-27-64-61(36-48)75-62-42-55-50(34-49-35-58-59(41-54(49)55)73(12,13)31-30-72(58,10)11)37-66(62)76(63-28-26-52(70(5,6)7)40-56(63)47-22-17-16-18-23-47)67-38-51(53-24-20-19-21-45(53)3)39-68(69(67)75)77(64)65-43-60-57(33-46(65)4)71(8,9)29-32-74(60,14)15/h16-28,33,35-44H,29-32,34H2,1-15H3. The molecule has 0 saturated carbocycles. The SMILES string of the molecule is Cc1ccccc1-c1cc2c3c(c1)N(c1ccc(C(C)(C)C)cc1-c1ccccc1)c1cc4c(cc1B3c1cc(C(C)C)ccc1N2c1cc2c(cc1C)C(C)(C)CCC2(C)C)-c1cc2c(cc1C4)C(C)(C)CCC2(C)C. The Balaban J connectivity index is 1.17. The van der Waals surface area contributed by atoms with Crippen LogP contribution in [0.4, 0.5) is 34.1 Å². The molecule has 3 heteroatoms. The Labute approximate surface area is 462 Å². The summed E-state index contributed by atoms with van der Waals surface area (Å²) in [5.41, 5.74) is 34.2. The van der Waals surface area contributed by atoms with E-state index in [1.54, 1.807) is 5.56 Å². The Bertz CT molecular complexity index is 3780. The first-order chi connectivity index (χ1) is 36.4. The van der Waals surface area contributed by atoms with E-state index in [-0.39, 0.29) is 33.8 Å². The first-order valence-electron chi connectivity index (χ1n) is 29.1. The van der Waals surface area contributed by atoms with Gasteiger partial charge in [0.05, 0.1) is 5.69 Å². The van der Waals surface area contributed by atoms with Crippen molar-refractivity contribution in [1.82, 2.24) is 0 Å². The summed E-state index contributed by atoms with van der Waals surface area (Å²) < 4.78 is 0. The van der Waals surface area contributed by atoms with Crippen molar-refractivity contribution in [3.8, 4) is 33.4 Å². The summed E-state index contributed by atoms with van der Waals surface area (Å²) in [6.07, 6.45) is 5.70. The average molecular weight is 1010 g/mol. The first-order valence-corrected chi connectivity index (χ1v) is 29.1. The predicted octanol–water partition coefficient (Wildman–Crippen LogP) is 18.4. The fourth-order valence-electron chi connectivity index (χ4n) is 14.7. The molecule has 8 aromatic rings. The molecule has 0 atom stereocenters. The Kier molecular flexibility index (Phi) is 11.0. The molecule has 2 heterocycles. The summed E-state index contributed by atoms with van der Waals surface area (Å²) >= 11 is 0. The van der Waals surface area contributed by atoms with Crippen LogP contribution in [0.5, 0.6) is 0 Å². The van der Waals surface area contributed by atoms with Crippen molar-refractivity contribution in [2.45, 2.75) is 169 Å². The van der Waals surface area contributed by atoms with Gasteiger partial charge in [-0.2, -0.15) is 0 Å². The van der Waals surface area contributed by atoms with Gasteiger partial charge in [0, 0.05) is 34.0 Å². The Hall–Kier alpha value is -6.58. The lowest BCUT2D eigenvalue weighted by atomic mass is 9.33. The summed E-state index contributed by atoms with van der Waals surface area (Å²) in [7, 11) is 0. The minimum atomic E-state index is -0.0410. The molecule has 0 bridgehead atoms. The quantitative estimate of drug-likeness (QED) is 0.159. The Morgan fingerprint density at radius 1 is 0.429 bits per heavy atom. The minimum Gasteiger partial charge on any atom is -0.311 e. The smallest absolute Gasteiger partial charge is 0.252 e. The van der Waals surface area contributed by atoms with Crippen LogP contribution in [0.3, 0.4) is 0 Å². The Morgan fingerprint density at radius 2 is 0.974 bits per heavy atom. The van der Waals surface area contributed by atoms with E-state index in [1.807, 2.05) is 0 Å². The van der Waals surface area contributed by atoms with E-state index in [9.17, 15) is 0 Å². The maximum Gasteiger partial charge on any atom is 0.252 e. The molecule has 2 nitrogen and oxygen atoms in total. The molecule has 8 aromatic carbocycles. The van der Waals surface area contributed by atoms with Crippen molar-refractivity contribution < 1.29 is 0 Å². The molecule has 2 aliphatic heterocycles. The maximum atomic E-state index is 2.72. The van der Waals surface area contributed by atoms with Gasteiger partial charge < -0.3 is 9.80 Å². The minimum absolute atomic E-state index is 0.0215. The number of hydrogen-bond acceptors (Lipinski definition) is 2. The lowest BCUT2D eigenvalue weighted by Crippen LogP contribution is -2.61. The highest BCUT2D eigenvalue weighted by molar-refractivity contribution is 7.00. The molecule has 388 valence electrons. The predicted molar refractivity (Wildman–Crippen MR) is 332 cm³/mol. The second kappa shape index (κ2) is 17.0. The number of benzene rings is 8. The van der Waals surface area contributed by atoms with Crippen LogP contribution in [0.25, 0.3) is 33.4 Å². The van der Waals surface area contributed by atoms with Crippen molar-refractivity contribution in [1.29, 1.82) is 0 Å². The van der Waals surface area contributed by atoms with Crippen LogP contribution in [0.15, 0.2) is 140 Å². The van der Waals surface area contributed by atoms with Gasteiger partial charge in [0.2, 0.25) is 0 Å². The van der Waals surface area contributed by atoms with E-state index in [0.717, 1.165) is 6.42 Å². The molecule has 0 amide bonds. The van der Waals surface area contributed by atoms with Crippen LogP contribution in [0.2, 0.25) is 0 Å². The Morgan fingerprint density at radius 3 is 1.61 bits per heavy atom. The van der Waals surface area contributed by atoms with Gasteiger partial charge in [-0.3, -0.25) is 0 Å². The molecule has 0 aromatic heterocycles. The van der Waals surface area contributed by atoms with Gasteiger partial charge in [-0.05, 0) is 221 Å². The number of aryl methyl sites for hydroxylation is 2. The molecule has 0 unspecified atom stereocenters. The van der Waals surface area contributed by atoms with Crippen molar-refractivity contribution in [3.63, 3.8) is 0 Å². The van der Waals surface area contributed by atoms with Crippen molar-refractivity contribution in [3.05, 3.63) is 195 Å². The molecule has 0 saturated heterocycles. The second-order valence-electron chi connectivity index (χ2n) is 28.2. The molecule has 0 spiro atoms. The summed E-state index contributed by atoms with van der Waals surface area (Å²) in [4.78, 5) is 5.44. The highest BCUT2D eigenvalue weighted by atomic mass is 15.2. The van der Waals surface area contributed by atoms with E-state index < -0.39 is 0 Å². The average Bonchev–Trinajstić information content (AvgIpc) is 3.88. The van der Waals surface area contributed by atoms with Crippen LogP contribution < -0.4 is 26.2 Å². The highest BCUT2D eigenvalue weighted by Gasteiger charge is 2.47. The van der Waals surface area contributed by atoms with Gasteiger partial charge >= 0.3 is 0 Å². The number of rotatable bonds is 5. The fraction of sp³-hybridized carbons (Fsp3) is 0.351. The fourth-order valence-corrected chi connectivity index (χ4v) is 14.7. The molecule has 5 aliphatic rings. The normalized spacial score (nSPS) is 17.7. The van der Waals surface area contributed by atoms with E-state index >= 15 is 0 Å². The summed E-state index contributed by atoms with van der Waals surface area (Å²) in [6, 6.07) is 56.1. The van der Waals surface area contributed by atoms with Gasteiger partial charge in [-0.15, -0.1) is 0 Å². The third kappa shape index (κ3) is 7.70. The van der Waals surface area contributed by atoms with Crippen LogP contribution >= 0.6 is 0 Å². The number of anilines is 6. The molecule has 13 rings (SSSR count). The van der Waals surface area contributed by atoms with E-state index in [0.29, 0.717) is 5.92 Å². The maximum absolute atomic E-state index is 2.72. The van der Waals surface area contributed by atoms with E-state index in [2.05, 4.69) is 253 Å². The van der Waals surface area contributed by atoms with Crippen molar-refractivity contribution in [2.24, 2.45) is 0 Å². The molecule has 0 radical (unpaired) electrons. The zero-order valence-corrected chi connectivity index (χ0v) is 48.9. The van der Waals surface area contributed by atoms with Gasteiger partial charge in [0.15, 0.2) is 0 Å². The molecule has 3 aliphatic carbocycles. The van der Waals surface area contributed by atoms with Crippen LogP contribution in [0.1, 0.15) is 177 Å². The van der Waals surface area contributed by atoms with Crippen molar-refractivity contribution in [2.75, 3.05) is 9.80 Å². The second-order valence-corrected chi connectivity index (χ2v) is 28.2. The van der Waals surface area contributed by atoms with E-state index in [4.69, 9.17) is 0 Å². The van der Waals surface area contributed by atoms with Crippen molar-refractivity contribution >= 4 is 57.2 Å². The molecule has 0 N–H and O–H groups in total. The topological polar surface area (TPSA) is 6.48 Å². The lowest BCUT2D eigenvalue weighted by molar-refractivity contribution is 0.332. The lowest BCUT2D eigenvalue weighted by Gasteiger charge is -2.47. The number of fused-ring (bicyclic) bond motifs is 9. The third-order valence-electron chi connectivity index (χ3n) is 19.8. The van der Waals surface area contributed by atoms with Gasteiger partial charge in [-0.25, -0.2) is 0 Å². The summed E-state index contributed by atoms with van der Waals surface area (Å²) in [5.74, 6) is 0.367. The van der Waals surface area contributed by atoms with Crippen LogP contribution in [-0.2, 0) is 33.5 Å². The highest BCUT2D eigenvalue weighted by Crippen LogP contribution is 2.55. The largest absolute Gasteiger partial charge is 0.311 e. The molecule has 77 heavy (non-hydrogen) atoms. The van der Waals surface area contributed by atoms with Crippen LogP contribution in [-0.4, -0.2) is 6.71 Å². The zero-order chi connectivity index (χ0) is 54.0. The summed E-state index contributed by atoms with van der Waals surface area (Å²) in [6.45, 7) is 36.2. The molecular formula is C74H79BN2. The number of hydrogen-bond donors (Lipinski definition) is 0. The van der Waals surface area contributed by atoms with Gasteiger partial charge in [-0.1, -0.05) is 187 Å². The zero-order valence-electron chi connectivity index (χ0n) is 48.9. The molecular weight excluding hydrogens is 928 g/mol. The monoisotopic (exact) mass is 1010 g/mol. The van der Waals surface area contributed by atoms with Gasteiger partial charge in [0.25, 0.3) is 6.71 Å².